The van der Waals surface area contributed by atoms with Gasteiger partial charge in [-0.3, -0.25) is 14.9 Å². The molecular weight excluding hydrogens is 236 g/mol. The molecule has 0 heterocycles. The van der Waals surface area contributed by atoms with Crippen LogP contribution in [0.5, 0.6) is 0 Å². The first-order valence-corrected chi connectivity index (χ1v) is 5.55. The summed E-state index contributed by atoms with van der Waals surface area (Å²) in [6, 6.07) is 6.47. The van der Waals surface area contributed by atoms with Crippen molar-refractivity contribution in [3.63, 3.8) is 0 Å². The molecule has 6 heteroatoms. The van der Waals surface area contributed by atoms with Crippen molar-refractivity contribution in [1.29, 1.82) is 0 Å². The third-order valence-electron chi connectivity index (χ3n) is 2.64. The number of hydrogen-bond acceptors (Lipinski definition) is 4. The summed E-state index contributed by atoms with van der Waals surface area (Å²) in [4.78, 5) is 22.9. The lowest BCUT2D eigenvalue weighted by Crippen LogP contribution is -2.28. The van der Waals surface area contributed by atoms with Gasteiger partial charge in [-0.15, -0.1) is 0 Å². The number of aliphatic carboxylic acids is 1. The summed E-state index contributed by atoms with van der Waals surface area (Å²) in [6.45, 7) is 2.31. The van der Waals surface area contributed by atoms with E-state index in [2.05, 4.69) is 0 Å². The average Bonchev–Trinajstić information content (AvgIpc) is 2.28. The van der Waals surface area contributed by atoms with Gasteiger partial charge in [-0.2, -0.15) is 0 Å². The van der Waals surface area contributed by atoms with Gasteiger partial charge < -0.3 is 10.0 Å². The number of carboxylic acids is 1. The van der Waals surface area contributed by atoms with E-state index < -0.39 is 16.8 Å². The van der Waals surface area contributed by atoms with Crippen molar-refractivity contribution >= 4 is 11.7 Å². The maximum absolute atomic E-state index is 10.8. The molecule has 0 saturated heterocycles. The molecule has 98 valence electrons. The van der Waals surface area contributed by atoms with Crippen LogP contribution in [-0.4, -0.2) is 34.5 Å². The molecule has 0 amide bonds. The van der Waals surface area contributed by atoms with Gasteiger partial charge in [0, 0.05) is 24.7 Å². The largest absolute Gasteiger partial charge is 0.481 e. The lowest BCUT2D eigenvalue weighted by atomic mass is 10.1. The fraction of sp³-hybridized carbons (Fsp3) is 0.417. The first-order chi connectivity index (χ1) is 8.41. The van der Waals surface area contributed by atoms with Crippen molar-refractivity contribution in [1.82, 2.24) is 4.90 Å². The summed E-state index contributed by atoms with van der Waals surface area (Å²) in [5.41, 5.74) is 0.648. The van der Waals surface area contributed by atoms with Crippen LogP contribution in [0, 0.1) is 16.0 Å². The number of nitro groups is 1. The van der Waals surface area contributed by atoms with Crippen LogP contribution in [0.25, 0.3) is 0 Å². The number of para-hydroxylation sites is 1. The highest BCUT2D eigenvalue weighted by molar-refractivity contribution is 5.69. The Labute approximate surface area is 105 Å². The summed E-state index contributed by atoms with van der Waals surface area (Å²) in [5, 5.41) is 19.6. The van der Waals surface area contributed by atoms with Gasteiger partial charge in [0.05, 0.1) is 10.8 Å². The minimum absolute atomic E-state index is 0.0623. The molecule has 1 atom stereocenters. The van der Waals surface area contributed by atoms with Crippen LogP contribution < -0.4 is 0 Å². The Bertz CT molecular complexity index is 447. The number of carboxylic acid groups (broad SMARTS) is 1. The standard InChI is InChI=1S/C12H16N2O4/c1-9(12(15)16)7-13(2)8-10-5-3-4-6-11(10)14(17)18/h3-6,9H,7-8H2,1-2H3,(H,15,16). The van der Waals surface area contributed by atoms with Crippen LogP contribution in [0.3, 0.4) is 0 Å². The molecule has 18 heavy (non-hydrogen) atoms. The Morgan fingerprint density at radius 3 is 2.67 bits per heavy atom. The summed E-state index contributed by atoms with van der Waals surface area (Å²) in [7, 11) is 1.75. The second-order valence-corrected chi connectivity index (χ2v) is 4.32. The predicted molar refractivity (Wildman–Crippen MR) is 66.2 cm³/mol. The minimum Gasteiger partial charge on any atom is -0.481 e. The van der Waals surface area contributed by atoms with E-state index in [1.54, 1.807) is 37.1 Å². The quantitative estimate of drug-likeness (QED) is 0.616. The first kappa shape index (κ1) is 14.1. The number of rotatable bonds is 6. The average molecular weight is 252 g/mol. The van der Waals surface area contributed by atoms with Gasteiger partial charge in [0.15, 0.2) is 0 Å². The van der Waals surface area contributed by atoms with E-state index in [-0.39, 0.29) is 5.69 Å². The number of nitrogens with zero attached hydrogens (tertiary/aromatic N) is 2. The molecule has 0 aliphatic rings. The lowest BCUT2D eigenvalue weighted by molar-refractivity contribution is -0.385. The Morgan fingerprint density at radius 1 is 1.50 bits per heavy atom. The molecule has 0 radical (unpaired) electrons. The number of nitro benzene ring substituents is 1. The molecule has 1 aromatic rings. The van der Waals surface area contributed by atoms with Crippen LogP contribution in [0.4, 0.5) is 5.69 Å². The summed E-state index contributed by atoms with van der Waals surface area (Å²) >= 11 is 0. The molecule has 1 rings (SSSR count). The van der Waals surface area contributed by atoms with E-state index in [1.807, 2.05) is 0 Å². The minimum atomic E-state index is -0.871. The Morgan fingerprint density at radius 2 is 2.11 bits per heavy atom. The van der Waals surface area contributed by atoms with E-state index in [0.717, 1.165) is 0 Å². The molecular formula is C12H16N2O4. The van der Waals surface area contributed by atoms with Gasteiger partial charge in [-0.05, 0) is 7.05 Å². The molecule has 0 bridgehead atoms. The Hall–Kier alpha value is -1.95. The monoisotopic (exact) mass is 252 g/mol. The second-order valence-electron chi connectivity index (χ2n) is 4.32. The van der Waals surface area contributed by atoms with E-state index in [9.17, 15) is 14.9 Å². The van der Waals surface area contributed by atoms with Gasteiger partial charge in [-0.1, -0.05) is 25.1 Å². The number of carbonyl (C=O) groups is 1. The molecule has 1 unspecified atom stereocenters. The number of hydrogen-bond donors (Lipinski definition) is 1. The Balaban J connectivity index is 2.73. The topological polar surface area (TPSA) is 83.7 Å². The van der Waals surface area contributed by atoms with Gasteiger partial charge in [0.2, 0.25) is 0 Å². The SMILES string of the molecule is CC(CN(C)Cc1ccccc1[N+](=O)[O-])C(=O)O. The summed E-state index contributed by atoms with van der Waals surface area (Å²) in [5.74, 6) is -1.37. The van der Waals surface area contributed by atoms with Crippen LogP contribution >= 0.6 is 0 Å². The first-order valence-electron chi connectivity index (χ1n) is 5.55. The van der Waals surface area contributed by atoms with Crippen LogP contribution in [-0.2, 0) is 11.3 Å². The summed E-state index contributed by atoms with van der Waals surface area (Å²) < 4.78 is 0. The highest BCUT2D eigenvalue weighted by atomic mass is 16.6. The zero-order valence-corrected chi connectivity index (χ0v) is 10.4. The lowest BCUT2D eigenvalue weighted by Gasteiger charge is -2.18. The molecule has 0 saturated carbocycles. The van der Waals surface area contributed by atoms with Crippen molar-refractivity contribution in [2.75, 3.05) is 13.6 Å². The zero-order valence-electron chi connectivity index (χ0n) is 10.4. The fourth-order valence-corrected chi connectivity index (χ4v) is 1.72. The van der Waals surface area contributed by atoms with Crippen molar-refractivity contribution in [2.45, 2.75) is 13.5 Å². The van der Waals surface area contributed by atoms with Crippen molar-refractivity contribution in [3.05, 3.63) is 39.9 Å². The summed E-state index contributed by atoms with van der Waals surface area (Å²) in [6.07, 6.45) is 0. The smallest absolute Gasteiger partial charge is 0.307 e. The molecule has 1 N–H and O–H groups in total. The van der Waals surface area contributed by atoms with Gasteiger partial charge in [0.25, 0.3) is 5.69 Å². The highest BCUT2D eigenvalue weighted by Crippen LogP contribution is 2.19. The molecule has 0 aliphatic carbocycles. The predicted octanol–water partition coefficient (Wildman–Crippen LogP) is 1.75. The maximum Gasteiger partial charge on any atom is 0.307 e. The van der Waals surface area contributed by atoms with Gasteiger partial charge in [-0.25, -0.2) is 0 Å². The molecule has 0 fully saturated rings. The van der Waals surface area contributed by atoms with Crippen molar-refractivity contribution < 1.29 is 14.8 Å². The normalized spacial score (nSPS) is 12.4. The van der Waals surface area contributed by atoms with Gasteiger partial charge in [0.1, 0.15) is 0 Å². The van der Waals surface area contributed by atoms with Crippen LogP contribution in [0.2, 0.25) is 0 Å². The third-order valence-corrected chi connectivity index (χ3v) is 2.64. The van der Waals surface area contributed by atoms with E-state index in [4.69, 9.17) is 5.11 Å². The maximum atomic E-state index is 10.8. The molecule has 0 spiro atoms. The van der Waals surface area contributed by atoms with E-state index in [0.29, 0.717) is 18.7 Å². The van der Waals surface area contributed by atoms with Gasteiger partial charge >= 0.3 is 5.97 Å². The van der Waals surface area contributed by atoms with E-state index in [1.165, 1.54) is 6.07 Å². The highest BCUT2D eigenvalue weighted by Gasteiger charge is 2.17. The van der Waals surface area contributed by atoms with Crippen molar-refractivity contribution in [2.24, 2.45) is 5.92 Å². The molecule has 0 aliphatic heterocycles. The number of benzene rings is 1. The third kappa shape index (κ3) is 3.81. The Kier molecular flexibility index (Phi) is 4.79. The zero-order chi connectivity index (χ0) is 13.7. The molecule has 1 aromatic carbocycles. The molecule has 0 aromatic heterocycles. The van der Waals surface area contributed by atoms with Crippen LogP contribution in [0.1, 0.15) is 12.5 Å². The second kappa shape index (κ2) is 6.11. The van der Waals surface area contributed by atoms with E-state index >= 15 is 0 Å². The van der Waals surface area contributed by atoms with Crippen molar-refractivity contribution in [3.8, 4) is 0 Å². The van der Waals surface area contributed by atoms with Crippen LogP contribution in [0.15, 0.2) is 24.3 Å². The molecule has 6 nitrogen and oxygen atoms in total. The fourth-order valence-electron chi connectivity index (χ4n) is 1.72.